The summed E-state index contributed by atoms with van der Waals surface area (Å²) in [6.45, 7) is 5.64. The van der Waals surface area contributed by atoms with Crippen molar-refractivity contribution in [3.63, 3.8) is 0 Å². The second kappa shape index (κ2) is 7.00. The van der Waals surface area contributed by atoms with Crippen LogP contribution in [-0.2, 0) is 4.79 Å². The number of β-amino-alcohol motifs (C(OH)–C–C–N with tert-alkyl or cyclic N) is 1. The Morgan fingerprint density at radius 2 is 2.10 bits per heavy atom. The van der Waals surface area contributed by atoms with E-state index in [0.717, 1.165) is 18.5 Å². The van der Waals surface area contributed by atoms with E-state index < -0.39 is 0 Å². The van der Waals surface area contributed by atoms with Crippen molar-refractivity contribution in [2.24, 2.45) is 5.92 Å². The van der Waals surface area contributed by atoms with Crippen molar-refractivity contribution in [1.29, 1.82) is 0 Å². The quantitative estimate of drug-likeness (QED) is 0.869. The van der Waals surface area contributed by atoms with Gasteiger partial charge in [0.05, 0.1) is 18.7 Å². The van der Waals surface area contributed by atoms with Gasteiger partial charge in [0.25, 0.3) is 0 Å². The average molecular weight is 294 g/mol. The monoisotopic (exact) mass is 294 g/mol. The summed E-state index contributed by atoms with van der Waals surface area (Å²) in [6, 6.07) is 6.10. The standard InChI is InChI=1S/C16H23FN2O2/c1-11(2)16(12-3-5-13(17)6-4-12)18-15(21)10-19-8-7-14(20)9-19/h3-6,11,14,16,20H,7-10H2,1-2H3,(H,18,21)/t14-,16?/m1/s1. The average Bonchev–Trinajstić information content (AvgIpc) is 2.82. The number of carbonyl (C=O) groups excluding carboxylic acids is 1. The fourth-order valence-corrected chi connectivity index (χ4v) is 2.68. The smallest absolute Gasteiger partial charge is 0.234 e. The number of likely N-dealkylation sites (tertiary alicyclic amines) is 1. The molecule has 0 bridgehead atoms. The number of amides is 1. The number of nitrogens with zero attached hydrogens (tertiary/aromatic N) is 1. The zero-order chi connectivity index (χ0) is 15.4. The Kier molecular flexibility index (Phi) is 5.31. The molecule has 1 aromatic rings. The zero-order valence-corrected chi connectivity index (χ0v) is 12.6. The molecule has 21 heavy (non-hydrogen) atoms. The lowest BCUT2D eigenvalue weighted by Gasteiger charge is -2.24. The Morgan fingerprint density at radius 1 is 1.43 bits per heavy atom. The van der Waals surface area contributed by atoms with Gasteiger partial charge < -0.3 is 10.4 Å². The second-order valence-electron chi connectivity index (χ2n) is 6.02. The second-order valence-corrected chi connectivity index (χ2v) is 6.02. The summed E-state index contributed by atoms with van der Waals surface area (Å²) >= 11 is 0. The third-order valence-electron chi connectivity index (χ3n) is 3.83. The van der Waals surface area contributed by atoms with Crippen LogP contribution in [-0.4, -0.2) is 41.7 Å². The molecule has 2 atom stereocenters. The maximum Gasteiger partial charge on any atom is 0.234 e. The van der Waals surface area contributed by atoms with Gasteiger partial charge in [-0.3, -0.25) is 9.69 Å². The van der Waals surface area contributed by atoms with Gasteiger partial charge in [-0.15, -0.1) is 0 Å². The Bertz CT molecular complexity index is 476. The van der Waals surface area contributed by atoms with Crippen LogP contribution in [0.3, 0.4) is 0 Å². The van der Waals surface area contributed by atoms with Crippen molar-refractivity contribution in [3.05, 3.63) is 35.6 Å². The summed E-state index contributed by atoms with van der Waals surface area (Å²) in [7, 11) is 0. The molecular formula is C16H23FN2O2. The minimum absolute atomic E-state index is 0.0628. The van der Waals surface area contributed by atoms with E-state index in [9.17, 15) is 14.3 Å². The van der Waals surface area contributed by atoms with Gasteiger partial charge in [0.2, 0.25) is 5.91 Å². The molecule has 1 aliphatic heterocycles. The number of aliphatic hydroxyl groups is 1. The molecule has 2 rings (SSSR count). The fraction of sp³-hybridized carbons (Fsp3) is 0.562. The van der Waals surface area contributed by atoms with Gasteiger partial charge in [0, 0.05) is 13.1 Å². The van der Waals surface area contributed by atoms with E-state index in [0.29, 0.717) is 13.1 Å². The van der Waals surface area contributed by atoms with E-state index in [2.05, 4.69) is 5.32 Å². The predicted octanol–water partition coefficient (Wildman–Crippen LogP) is 1.71. The Morgan fingerprint density at radius 3 is 2.62 bits per heavy atom. The molecular weight excluding hydrogens is 271 g/mol. The normalized spacial score (nSPS) is 20.7. The molecule has 0 aromatic heterocycles. The van der Waals surface area contributed by atoms with Crippen LogP contribution in [0.1, 0.15) is 31.9 Å². The number of aliphatic hydroxyl groups excluding tert-OH is 1. The maximum atomic E-state index is 13.0. The molecule has 1 saturated heterocycles. The summed E-state index contributed by atoms with van der Waals surface area (Å²) in [6.07, 6.45) is 0.398. The largest absolute Gasteiger partial charge is 0.392 e. The van der Waals surface area contributed by atoms with E-state index in [1.165, 1.54) is 12.1 Å². The third kappa shape index (κ3) is 4.51. The first-order valence-corrected chi connectivity index (χ1v) is 7.41. The highest BCUT2D eigenvalue weighted by Crippen LogP contribution is 2.22. The molecule has 1 aromatic carbocycles. The first-order chi connectivity index (χ1) is 9.95. The van der Waals surface area contributed by atoms with Crippen LogP contribution in [0.4, 0.5) is 4.39 Å². The fourth-order valence-electron chi connectivity index (χ4n) is 2.68. The Labute approximate surface area is 125 Å². The van der Waals surface area contributed by atoms with Crippen molar-refractivity contribution >= 4 is 5.91 Å². The van der Waals surface area contributed by atoms with Crippen molar-refractivity contribution in [2.45, 2.75) is 32.4 Å². The van der Waals surface area contributed by atoms with Crippen LogP contribution < -0.4 is 5.32 Å². The number of hydrogen-bond acceptors (Lipinski definition) is 3. The van der Waals surface area contributed by atoms with Crippen molar-refractivity contribution in [1.82, 2.24) is 10.2 Å². The summed E-state index contributed by atoms with van der Waals surface area (Å²) in [5, 5.41) is 12.5. The molecule has 0 aliphatic carbocycles. The molecule has 5 heteroatoms. The van der Waals surface area contributed by atoms with Gasteiger partial charge in [-0.2, -0.15) is 0 Å². The Hall–Kier alpha value is -1.46. The number of hydrogen-bond donors (Lipinski definition) is 2. The van der Waals surface area contributed by atoms with Gasteiger partial charge in [0.15, 0.2) is 0 Å². The minimum atomic E-state index is -0.323. The third-order valence-corrected chi connectivity index (χ3v) is 3.83. The van der Waals surface area contributed by atoms with Crippen molar-refractivity contribution < 1.29 is 14.3 Å². The van der Waals surface area contributed by atoms with Crippen molar-refractivity contribution in [3.8, 4) is 0 Å². The summed E-state index contributed by atoms with van der Waals surface area (Å²) in [5.41, 5.74) is 0.904. The molecule has 4 nitrogen and oxygen atoms in total. The van der Waals surface area contributed by atoms with E-state index in [1.807, 2.05) is 18.7 Å². The Balaban J connectivity index is 1.96. The molecule has 2 N–H and O–H groups in total. The van der Waals surface area contributed by atoms with Crippen LogP contribution in [0, 0.1) is 11.7 Å². The molecule has 1 unspecified atom stereocenters. The van der Waals surface area contributed by atoms with Gasteiger partial charge in [0.1, 0.15) is 5.82 Å². The predicted molar refractivity (Wildman–Crippen MR) is 79.2 cm³/mol. The van der Waals surface area contributed by atoms with Crippen LogP contribution in [0.15, 0.2) is 24.3 Å². The molecule has 116 valence electrons. The summed E-state index contributed by atoms with van der Waals surface area (Å²) < 4.78 is 13.0. The number of carbonyl (C=O) groups is 1. The first-order valence-electron chi connectivity index (χ1n) is 7.41. The number of halogens is 1. The van der Waals surface area contributed by atoms with Gasteiger partial charge in [-0.05, 0) is 30.0 Å². The van der Waals surface area contributed by atoms with Gasteiger partial charge >= 0.3 is 0 Å². The SMILES string of the molecule is CC(C)C(NC(=O)CN1CC[C@@H](O)C1)c1ccc(F)cc1. The lowest BCUT2D eigenvalue weighted by molar-refractivity contribution is -0.123. The molecule has 0 saturated carbocycles. The van der Waals surface area contributed by atoms with Crippen LogP contribution >= 0.6 is 0 Å². The van der Waals surface area contributed by atoms with E-state index in [-0.39, 0.29) is 29.8 Å². The molecule has 1 heterocycles. The highest BCUT2D eigenvalue weighted by Gasteiger charge is 2.24. The molecule has 0 radical (unpaired) electrons. The highest BCUT2D eigenvalue weighted by molar-refractivity contribution is 5.78. The molecule has 1 fully saturated rings. The highest BCUT2D eigenvalue weighted by atomic mass is 19.1. The molecule has 1 aliphatic rings. The van der Waals surface area contributed by atoms with Gasteiger partial charge in [-0.1, -0.05) is 26.0 Å². The van der Waals surface area contributed by atoms with E-state index in [4.69, 9.17) is 0 Å². The van der Waals surface area contributed by atoms with Crippen LogP contribution in [0.2, 0.25) is 0 Å². The maximum absolute atomic E-state index is 13.0. The van der Waals surface area contributed by atoms with E-state index in [1.54, 1.807) is 12.1 Å². The lowest BCUT2D eigenvalue weighted by atomic mass is 9.96. The van der Waals surface area contributed by atoms with Crippen LogP contribution in [0.25, 0.3) is 0 Å². The number of nitrogens with one attached hydrogen (secondary N) is 1. The zero-order valence-electron chi connectivity index (χ0n) is 12.6. The summed E-state index contributed by atoms with van der Waals surface area (Å²) in [5.74, 6) is -0.130. The van der Waals surface area contributed by atoms with Crippen LogP contribution in [0.5, 0.6) is 0 Å². The first kappa shape index (κ1) is 15.9. The number of rotatable bonds is 5. The lowest BCUT2D eigenvalue weighted by Crippen LogP contribution is -2.39. The number of benzene rings is 1. The topological polar surface area (TPSA) is 52.6 Å². The molecule has 0 spiro atoms. The van der Waals surface area contributed by atoms with Gasteiger partial charge in [-0.25, -0.2) is 4.39 Å². The summed E-state index contributed by atoms with van der Waals surface area (Å²) in [4.78, 5) is 14.1. The van der Waals surface area contributed by atoms with E-state index >= 15 is 0 Å². The van der Waals surface area contributed by atoms with Crippen molar-refractivity contribution in [2.75, 3.05) is 19.6 Å². The molecule has 1 amide bonds. The minimum Gasteiger partial charge on any atom is -0.392 e.